The summed E-state index contributed by atoms with van der Waals surface area (Å²) in [5.74, 6) is 0.495. The predicted molar refractivity (Wildman–Crippen MR) is 93.6 cm³/mol. The third kappa shape index (κ3) is 3.05. The van der Waals surface area contributed by atoms with Gasteiger partial charge in [0, 0.05) is 25.9 Å². The second kappa shape index (κ2) is 6.48. The average molecular weight is 382 g/mol. The lowest BCUT2D eigenvalue weighted by Gasteiger charge is -2.46. The lowest BCUT2D eigenvalue weighted by Crippen LogP contribution is -2.62. The number of halogens is 3. The largest absolute Gasteiger partial charge is 0.416 e. The predicted octanol–water partition coefficient (Wildman–Crippen LogP) is 3.65. The van der Waals surface area contributed by atoms with Crippen LogP contribution in [-0.2, 0) is 22.3 Å². The molecule has 1 amide bonds. The van der Waals surface area contributed by atoms with Gasteiger partial charge in [0.15, 0.2) is 5.72 Å². The molecule has 0 aromatic heterocycles. The van der Waals surface area contributed by atoms with E-state index in [9.17, 15) is 18.0 Å². The molecule has 0 saturated carbocycles. The van der Waals surface area contributed by atoms with Crippen LogP contribution in [0.3, 0.4) is 0 Å². The van der Waals surface area contributed by atoms with Crippen molar-refractivity contribution in [3.05, 3.63) is 35.4 Å². The molecular formula is C20H25F3N2O2. The number of hydrogen-bond donors (Lipinski definition) is 0. The van der Waals surface area contributed by atoms with Crippen molar-refractivity contribution in [3.63, 3.8) is 0 Å². The van der Waals surface area contributed by atoms with Crippen LogP contribution in [-0.4, -0.2) is 46.7 Å². The minimum atomic E-state index is -4.32. The molecule has 148 valence electrons. The summed E-state index contributed by atoms with van der Waals surface area (Å²) in [6, 6.07) is 5.57. The minimum Gasteiger partial charge on any atom is -0.352 e. The van der Waals surface area contributed by atoms with Gasteiger partial charge in [-0.25, -0.2) is 0 Å². The first-order valence-electron chi connectivity index (χ1n) is 9.59. The molecule has 3 atom stereocenters. The topological polar surface area (TPSA) is 32.8 Å². The molecular weight excluding hydrogens is 357 g/mol. The lowest BCUT2D eigenvalue weighted by atomic mass is 9.90. The van der Waals surface area contributed by atoms with E-state index in [1.54, 1.807) is 12.1 Å². The van der Waals surface area contributed by atoms with Crippen LogP contribution in [0.5, 0.6) is 0 Å². The highest BCUT2D eigenvalue weighted by Crippen LogP contribution is 2.47. The molecule has 1 aromatic carbocycles. The van der Waals surface area contributed by atoms with Gasteiger partial charge in [-0.05, 0) is 30.0 Å². The fourth-order valence-corrected chi connectivity index (χ4v) is 4.91. The van der Waals surface area contributed by atoms with E-state index in [0.717, 1.165) is 37.1 Å². The second-order valence-corrected chi connectivity index (χ2v) is 8.20. The highest BCUT2D eigenvalue weighted by atomic mass is 19.4. The van der Waals surface area contributed by atoms with Gasteiger partial charge in [-0.15, -0.1) is 0 Å². The highest BCUT2D eigenvalue weighted by molar-refractivity contribution is 5.79. The Morgan fingerprint density at radius 3 is 2.59 bits per heavy atom. The Morgan fingerprint density at radius 1 is 1.26 bits per heavy atom. The number of carbonyl (C=O) groups is 1. The second-order valence-electron chi connectivity index (χ2n) is 8.20. The molecule has 0 aliphatic carbocycles. The van der Waals surface area contributed by atoms with Gasteiger partial charge >= 0.3 is 6.18 Å². The number of rotatable bonds is 3. The zero-order chi connectivity index (χ0) is 19.4. The van der Waals surface area contributed by atoms with Gasteiger partial charge in [-0.3, -0.25) is 9.69 Å². The maximum atomic E-state index is 12.8. The Labute approximate surface area is 157 Å². The molecule has 1 spiro atoms. The first-order chi connectivity index (χ1) is 12.7. The molecule has 0 bridgehead atoms. The van der Waals surface area contributed by atoms with E-state index in [-0.39, 0.29) is 18.0 Å². The molecule has 0 radical (unpaired) electrons. The fourth-order valence-electron chi connectivity index (χ4n) is 4.91. The fraction of sp³-hybridized carbons (Fsp3) is 0.650. The van der Waals surface area contributed by atoms with Gasteiger partial charge in [-0.2, -0.15) is 13.2 Å². The number of carbonyl (C=O) groups excluding carboxylic acids is 1. The van der Waals surface area contributed by atoms with Gasteiger partial charge in [0.2, 0.25) is 5.91 Å². The van der Waals surface area contributed by atoms with Gasteiger partial charge in [-0.1, -0.05) is 26.0 Å². The minimum absolute atomic E-state index is 0.0984. The molecule has 3 saturated heterocycles. The molecule has 4 rings (SSSR count). The molecule has 27 heavy (non-hydrogen) atoms. The summed E-state index contributed by atoms with van der Waals surface area (Å²) < 4.78 is 44.6. The number of likely N-dealkylation sites (tertiary alicyclic amines) is 1. The number of benzene rings is 1. The van der Waals surface area contributed by atoms with Crippen LogP contribution < -0.4 is 0 Å². The highest BCUT2D eigenvalue weighted by Gasteiger charge is 2.61. The number of nitrogens with zero attached hydrogens (tertiary/aromatic N) is 2. The summed E-state index contributed by atoms with van der Waals surface area (Å²) in [7, 11) is 0. The first-order valence-corrected chi connectivity index (χ1v) is 9.59. The van der Waals surface area contributed by atoms with Crippen LogP contribution in [0.2, 0.25) is 0 Å². The van der Waals surface area contributed by atoms with Crippen LogP contribution in [0.4, 0.5) is 13.2 Å². The Bertz CT molecular complexity index is 719. The van der Waals surface area contributed by atoms with Crippen LogP contribution >= 0.6 is 0 Å². The zero-order valence-corrected chi connectivity index (χ0v) is 15.6. The van der Waals surface area contributed by atoms with Crippen molar-refractivity contribution in [3.8, 4) is 0 Å². The van der Waals surface area contributed by atoms with Gasteiger partial charge in [0.05, 0.1) is 24.3 Å². The van der Waals surface area contributed by atoms with Crippen molar-refractivity contribution in [2.75, 3.05) is 13.2 Å². The molecule has 0 unspecified atom stereocenters. The van der Waals surface area contributed by atoms with Gasteiger partial charge in [0.1, 0.15) is 0 Å². The number of ether oxygens (including phenoxy) is 1. The molecule has 3 aliphatic heterocycles. The van der Waals surface area contributed by atoms with Crippen LogP contribution in [0.25, 0.3) is 0 Å². The number of alkyl halides is 3. The van der Waals surface area contributed by atoms with Crippen LogP contribution in [0, 0.1) is 5.92 Å². The van der Waals surface area contributed by atoms with E-state index in [0.29, 0.717) is 25.5 Å². The van der Waals surface area contributed by atoms with E-state index in [1.165, 1.54) is 0 Å². The molecule has 3 heterocycles. The molecule has 7 heteroatoms. The molecule has 1 aromatic rings. The van der Waals surface area contributed by atoms with Crippen LogP contribution in [0.1, 0.15) is 44.2 Å². The Hall–Kier alpha value is -1.60. The number of amides is 1. The summed E-state index contributed by atoms with van der Waals surface area (Å²) in [6.45, 7) is 6.13. The normalized spacial score (nSPS) is 31.5. The molecule has 3 fully saturated rings. The SMILES string of the molecule is CC(C)[C@H]1CO[C@]23CCN(Cc4ccc(C(F)(F)F)cc4)[C@H]2CCC(=O)N13. The summed E-state index contributed by atoms with van der Waals surface area (Å²) in [5.41, 5.74) is -0.338. The third-order valence-electron chi connectivity index (χ3n) is 6.30. The van der Waals surface area contributed by atoms with E-state index in [2.05, 4.69) is 18.7 Å². The number of piperidine rings is 1. The van der Waals surface area contributed by atoms with E-state index >= 15 is 0 Å². The maximum absolute atomic E-state index is 12.8. The van der Waals surface area contributed by atoms with E-state index in [1.807, 2.05) is 4.90 Å². The standard InChI is InChI=1S/C20H25F3N2O2/c1-13(2)16-12-27-19-9-10-24(17(19)7-8-18(26)25(16)19)11-14-3-5-15(6-4-14)20(21,22)23/h3-6,13,16-17H,7-12H2,1-2H3/t16-,17+,19-/m1/s1. The van der Waals surface area contributed by atoms with E-state index < -0.39 is 17.5 Å². The van der Waals surface area contributed by atoms with Gasteiger partial charge < -0.3 is 9.64 Å². The van der Waals surface area contributed by atoms with Crippen molar-refractivity contribution in [1.29, 1.82) is 0 Å². The summed E-state index contributed by atoms with van der Waals surface area (Å²) in [4.78, 5) is 16.9. The first kappa shape index (κ1) is 18.7. The Morgan fingerprint density at radius 2 is 1.96 bits per heavy atom. The van der Waals surface area contributed by atoms with Crippen molar-refractivity contribution in [2.45, 2.75) is 63.6 Å². The van der Waals surface area contributed by atoms with Crippen molar-refractivity contribution in [1.82, 2.24) is 9.80 Å². The van der Waals surface area contributed by atoms with Crippen molar-refractivity contribution < 1.29 is 22.7 Å². The lowest BCUT2D eigenvalue weighted by molar-refractivity contribution is -0.167. The zero-order valence-electron chi connectivity index (χ0n) is 15.6. The smallest absolute Gasteiger partial charge is 0.352 e. The Balaban J connectivity index is 1.53. The summed E-state index contributed by atoms with van der Waals surface area (Å²) in [6.07, 6.45) is -2.32. The summed E-state index contributed by atoms with van der Waals surface area (Å²) in [5, 5.41) is 0. The molecule has 0 N–H and O–H groups in total. The summed E-state index contributed by atoms with van der Waals surface area (Å²) >= 11 is 0. The monoisotopic (exact) mass is 382 g/mol. The molecule has 4 nitrogen and oxygen atoms in total. The third-order valence-corrected chi connectivity index (χ3v) is 6.30. The van der Waals surface area contributed by atoms with E-state index in [4.69, 9.17) is 4.74 Å². The van der Waals surface area contributed by atoms with Crippen LogP contribution in [0.15, 0.2) is 24.3 Å². The Kier molecular flexibility index (Phi) is 4.50. The van der Waals surface area contributed by atoms with Crippen molar-refractivity contribution >= 4 is 5.91 Å². The quantitative estimate of drug-likeness (QED) is 0.800. The average Bonchev–Trinajstić information content (AvgIpc) is 3.16. The van der Waals surface area contributed by atoms with Gasteiger partial charge in [0.25, 0.3) is 0 Å². The maximum Gasteiger partial charge on any atom is 0.416 e. The molecule has 3 aliphatic rings. The number of hydrogen-bond acceptors (Lipinski definition) is 3. The van der Waals surface area contributed by atoms with Crippen molar-refractivity contribution in [2.24, 2.45) is 5.92 Å².